The first kappa shape index (κ1) is 26.3. The van der Waals surface area contributed by atoms with Crippen molar-refractivity contribution in [2.45, 2.75) is 142 Å². The molecule has 0 aliphatic heterocycles. The van der Waals surface area contributed by atoms with Crippen LogP contribution in [0.3, 0.4) is 0 Å². The van der Waals surface area contributed by atoms with E-state index in [1.54, 1.807) is 0 Å². The molecule has 0 rings (SSSR count). The second-order valence-electron chi connectivity index (χ2n) is 8.17. The summed E-state index contributed by atoms with van der Waals surface area (Å²) in [4.78, 5) is 0. The van der Waals surface area contributed by atoms with Gasteiger partial charge in [-0.15, -0.1) is 0 Å². The number of unbranched alkanes of at least 4 members (excludes halogenated alkanes) is 16. The normalized spacial score (nSPS) is 12.6. The van der Waals surface area contributed by atoms with E-state index in [2.05, 4.69) is 13.8 Å². The summed E-state index contributed by atoms with van der Waals surface area (Å²) < 4.78 is 0. The fourth-order valence-electron chi connectivity index (χ4n) is 3.51. The van der Waals surface area contributed by atoms with Crippen molar-refractivity contribution in [2.75, 3.05) is 11.5 Å². The van der Waals surface area contributed by atoms with Gasteiger partial charge in [-0.1, -0.05) is 123 Å². The number of hydrogen-bond donors (Lipinski definition) is 1. The van der Waals surface area contributed by atoms with Crippen LogP contribution in [-0.4, -0.2) is 22.7 Å². The summed E-state index contributed by atoms with van der Waals surface area (Å²) >= 11 is 1.97. The molecule has 1 atom stereocenters. The lowest BCUT2D eigenvalue weighted by Crippen LogP contribution is -2.10. The van der Waals surface area contributed by atoms with Crippen LogP contribution in [0.25, 0.3) is 0 Å². The first-order chi connectivity index (χ1) is 12.8. The van der Waals surface area contributed by atoms with Gasteiger partial charge in [0, 0.05) is 5.75 Å². The molecular weight excluding hydrogens is 336 g/mol. The number of aliphatic hydroxyl groups excluding tert-OH is 1. The van der Waals surface area contributed by atoms with Gasteiger partial charge >= 0.3 is 0 Å². The van der Waals surface area contributed by atoms with E-state index in [1.165, 1.54) is 121 Å². The fourth-order valence-corrected chi connectivity index (χ4v) is 4.52. The van der Waals surface area contributed by atoms with Crippen molar-refractivity contribution in [1.82, 2.24) is 0 Å². The zero-order chi connectivity index (χ0) is 19.1. The first-order valence-electron chi connectivity index (χ1n) is 12.1. The van der Waals surface area contributed by atoms with Gasteiger partial charge in [-0.2, -0.15) is 11.8 Å². The van der Waals surface area contributed by atoms with Crippen molar-refractivity contribution in [1.29, 1.82) is 0 Å². The van der Waals surface area contributed by atoms with Crippen LogP contribution in [-0.2, 0) is 0 Å². The van der Waals surface area contributed by atoms with Gasteiger partial charge in [0.05, 0.1) is 6.10 Å². The zero-order valence-corrected chi connectivity index (χ0v) is 19.1. The topological polar surface area (TPSA) is 20.2 Å². The molecule has 0 heterocycles. The van der Waals surface area contributed by atoms with Crippen LogP contribution in [0.2, 0.25) is 0 Å². The lowest BCUT2D eigenvalue weighted by molar-refractivity contribution is 0.185. The van der Waals surface area contributed by atoms with Crippen molar-refractivity contribution in [3.63, 3.8) is 0 Å². The summed E-state index contributed by atoms with van der Waals surface area (Å²) in [6.07, 6.45) is 25.9. The molecule has 0 saturated carbocycles. The molecule has 0 aliphatic carbocycles. The molecule has 0 radical (unpaired) electrons. The monoisotopic (exact) mass is 386 g/mol. The fraction of sp³-hybridized carbons (Fsp3) is 1.00. The zero-order valence-electron chi connectivity index (χ0n) is 18.3. The third-order valence-electron chi connectivity index (χ3n) is 5.34. The van der Waals surface area contributed by atoms with Gasteiger partial charge in [-0.05, 0) is 18.6 Å². The molecule has 2 heteroatoms. The first-order valence-corrected chi connectivity index (χ1v) is 13.2. The molecule has 0 saturated heterocycles. The van der Waals surface area contributed by atoms with E-state index in [4.69, 9.17) is 0 Å². The molecule has 1 nitrogen and oxygen atoms in total. The van der Waals surface area contributed by atoms with Gasteiger partial charge in [0.15, 0.2) is 0 Å². The molecule has 0 aromatic carbocycles. The third-order valence-corrected chi connectivity index (χ3v) is 6.54. The van der Waals surface area contributed by atoms with Crippen LogP contribution in [0, 0.1) is 0 Å². The maximum atomic E-state index is 10.1. The van der Waals surface area contributed by atoms with E-state index in [1.807, 2.05) is 11.8 Å². The van der Waals surface area contributed by atoms with Crippen molar-refractivity contribution < 1.29 is 5.11 Å². The average Bonchev–Trinajstić information content (AvgIpc) is 2.65. The summed E-state index contributed by atoms with van der Waals surface area (Å²) in [5.41, 5.74) is 0. The predicted octanol–water partition coefficient (Wildman–Crippen LogP) is 8.53. The smallest absolute Gasteiger partial charge is 0.0630 e. The molecule has 0 aromatic heterocycles. The van der Waals surface area contributed by atoms with Gasteiger partial charge in [0.2, 0.25) is 0 Å². The van der Waals surface area contributed by atoms with Gasteiger partial charge < -0.3 is 5.11 Å². The maximum absolute atomic E-state index is 10.1. The lowest BCUT2D eigenvalue weighted by atomic mass is 10.1. The Kier molecular flexibility index (Phi) is 23.6. The third kappa shape index (κ3) is 22.4. The van der Waals surface area contributed by atoms with Crippen LogP contribution in [0.5, 0.6) is 0 Å². The molecule has 0 fully saturated rings. The maximum Gasteiger partial charge on any atom is 0.0630 e. The highest BCUT2D eigenvalue weighted by Gasteiger charge is 2.04. The molecule has 1 unspecified atom stereocenters. The molecule has 0 amide bonds. The Labute approximate surface area is 170 Å². The molecule has 0 aliphatic rings. The Morgan fingerprint density at radius 2 is 0.923 bits per heavy atom. The SMILES string of the molecule is CCCCCCCCCCCCSCC(O)CCCCCCCCCC. The van der Waals surface area contributed by atoms with Gasteiger partial charge in [-0.25, -0.2) is 0 Å². The summed E-state index contributed by atoms with van der Waals surface area (Å²) in [6.45, 7) is 4.56. The van der Waals surface area contributed by atoms with Gasteiger partial charge in [0.1, 0.15) is 0 Å². The molecular formula is C24H50OS. The van der Waals surface area contributed by atoms with Crippen LogP contribution in [0.4, 0.5) is 0 Å². The molecule has 0 bridgehead atoms. The number of aliphatic hydroxyl groups is 1. The van der Waals surface area contributed by atoms with E-state index in [9.17, 15) is 5.11 Å². The van der Waals surface area contributed by atoms with Crippen molar-refractivity contribution >= 4 is 11.8 Å². The Morgan fingerprint density at radius 3 is 1.38 bits per heavy atom. The van der Waals surface area contributed by atoms with E-state index in [-0.39, 0.29) is 6.10 Å². The van der Waals surface area contributed by atoms with Crippen molar-refractivity contribution in [3.05, 3.63) is 0 Å². The summed E-state index contributed by atoms with van der Waals surface area (Å²) in [5.74, 6) is 2.19. The second kappa shape index (κ2) is 23.3. The average molecular weight is 387 g/mol. The van der Waals surface area contributed by atoms with Crippen LogP contribution >= 0.6 is 11.8 Å². The minimum absolute atomic E-state index is 0.0665. The minimum Gasteiger partial charge on any atom is -0.392 e. The lowest BCUT2D eigenvalue weighted by Gasteiger charge is -2.10. The van der Waals surface area contributed by atoms with E-state index in [0.29, 0.717) is 0 Å². The number of rotatable bonds is 22. The van der Waals surface area contributed by atoms with E-state index in [0.717, 1.165) is 12.2 Å². The minimum atomic E-state index is -0.0665. The number of thioether (sulfide) groups is 1. The Morgan fingerprint density at radius 1 is 0.538 bits per heavy atom. The Balaban J connectivity index is 3.11. The molecule has 26 heavy (non-hydrogen) atoms. The summed E-state index contributed by atoms with van der Waals surface area (Å²) in [6, 6.07) is 0. The molecule has 1 N–H and O–H groups in total. The summed E-state index contributed by atoms with van der Waals surface area (Å²) in [7, 11) is 0. The van der Waals surface area contributed by atoms with E-state index >= 15 is 0 Å². The highest BCUT2D eigenvalue weighted by molar-refractivity contribution is 7.99. The molecule has 158 valence electrons. The highest BCUT2D eigenvalue weighted by atomic mass is 32.2. The highest BCUT2D eigenvalue weighted by Crippen LogP contribution is 2.15. The van der Waals surface area contributed by atoms with Crippen LogP contribution < -0.4 is 0 Å². The van der Waals surface area contributed by atoms with Gasteiger partial charge in [0.25, 0.3) is 0 Å². The Hall–Kier alpha value is 0.310. The van der Waals surface area contributed by atoms with Crippen LogP contribution in [0.15, 0.2) is 0 Å². The molecule has 0 aromatic rings. The Bertz CT molecular complexity index is 244. The standard InChI is InChI=1S/C24H50OS/c1-3-5-7-9-11-13-14-16-18-20-22-26-23-24(25)21-19-17-15-12-10-8-6-4-2/h24-25H,3-23H2,1-2H3. The summed E-state index contributed by atoms with van der Waals surface area (Å²) in [5, 5.41) is 10.1. The quantitative estimate of drug-likeness (QED) is 0.188. The van der Waals surface area contributed by atoms with E-state index < -0.39 is 0 Å². The second-order valence-corrected chi connectivity index (χ2v) is 9.32. The van der Waals surface area contributed by atoms with Crippen LogP contribution in [0.1, 0.15) is 136 Å². The largest absolute Gasteiger partial charge is 0.392 e. The predicted molar refractivity (Wildman–Crippen MR) is 122 cm³/mol. The number of hydrogen-bond acceptors (Lipinski definition) is 2. The van der Waals surface area contributed by atoms with Crippen molar-refractivity contribution in [2.24, 2.45) is 0 Å². The molecule has 0 spiro atoms. The van der Waals surface area contributed by atoms with Gasteiger partial charge in [-0.3, -0.25) is 0 Å². The van der Waals surface area contributed by atoms with Crippen molar-refractivity contribution in [3.8, 4) is 0 Å².